The van der Waals surface area contributed by atoms with Gasteiger partial charge in [0.15, 0.2) is 0 Å². The molecule has 1 heterocycles. The smallest absolute Gasteiger partial charge is 0.246 e. The zero-order valence-electron chi connectivity index (χ0n) is 15.2. The maximum atomic E-state index is 12.9. The fraction of sp³-hybridized carbons (Fsp3) is 0.286. The Labute approximate surface area is 153 Å². The molecule has 2 aromatic rings. The molecule has 5 heteroatoms. The van der Waals surface area contributed by atoms with Crippen LogP contribution in [0.4, 0.5) is 5.69 Å². The van der Waals surface area contributed by atoms with Crippen LogP contribution in [-0.4, -0.2) is 30.3 Å². The van der Waals surface area contributed by atoms with Crippen LogP contribution in [0.5, 0.6) is 0 Å². The third-order valence-corrected chi connectivity index (χ3v) is 4.92. The van der Waals surface area contributed by atoms with Gasteiger partial charge in [-0.3, -0.25) is 9.59 Å². The summed E-state index contributed by atoms with van der Waals surface area (Å²) in [5, 5.41) is 9.07. The first-order chi connectivity index (χ1) is 12.4. The van der Waals surface area contributed by atoms with E-state index in [0.29, 0.717) is 12.1 Å². The molecule has 0 saturated carbocycles. The average Bonchev–Trinajstić information content (AvgIpc) is 2.75. The largest absolute Gasteiger partial charge is 0.329 e. The number of rotatable bonds is 2. The number of nitriles is 1. The number of likely N-dealkylation sites (N-methyl/N-ethyl adjacent to an activating group) is 1. The molecule has 0 radical (unpaired) electrons. The maximum absolute atomic E-state index is 12.9. The van der Waals surface area contributed by atoms with Crippen LogP contribution < -0.4 is 4.90 Å². The van der Waals surface area contributed by atoms with Gasteiger partial charge >= 0.3 is 0 Å². The molecule has 2 amide bonds. The lowest BCUT2D eigenvalue weighted by Crippen LogP contribution is -2.39. The van der Waals surface area contributed by atoms with Crippen LogP contribution >= 0.6 is 0 Å². The Kier molecular flexibility index (Phi) is 4.77. The molecule has 0 bridgehead atoms. The summed E-state index contributed by atoms with van der Waals surface area (Å²) in [7, 11) is 1.74. The molecule has 0 saturated heterocycles. The van der Waals surface area contributed by atoms with Crippen molar-refractivity contribution in [2.24, 2.45) is 0 Å². The van der Waals surface area contributed by atoms with Crippen LogP contribution in [0, 0.1) is 25.2 Å². The van der Waals surface area contributed by atoms with Crippen molar-refractivity contribution < 1.29 is 9.59 Å². The molecule has 26 heavy (non-hydrogen) atoms. The number of nitrogens with zero attached hydrogens (tertiary/aromatic N) is 3. The van der Waals surface area contributed by atoms with Gasteiger partial charge < -0.3 is 9.80 Å². The molecule has 0 aromatic heterocycles. The zero-order chi connectivity index (χ0) is 18.8. The molecule has 132 valence electrons. The van der Waals surface area contributed by atoms with Gasteiger partial charge in [-0.1, -0.05) is 18.2 Å². The van der Waals surface area contributed by atoms with Crippen LogP contribution in [0.3, 0.4) is 0 Å². The Morgan fingerprint density at radius 3 is 2.46 bits per heavy atom. The average molecular weight is 347 g/mol. The van der Waals surface area contributed by atoms with E-state index < -0.39 is 0 Å². The van der Waals surface area contributed by atoms with Gasteiger partial charge in [0.25, 0.3) is 0 Å². The van der Waals surface area contributed by atoms with Crippen molar-refractivity contribution in [1.82, 2.24) is 4.90 Å². The van der Waals surface area contributed by atoms with Crippen LogP contribution in [-0.2, 0) is 22.6 Å². The molecule has 0 unspecified atom stereocenters. The minimum atomic E-state index is -0.100. The molecule has 1 aliphatic rings. The third-order valence-electron chi connectivity index (χ3n) is 4.92. The van der Waals surface area contributed by atoms with Gasteiger partial charge in [0.05, 0.1) is 18.1 Å². The number of carbonyl (C=O) groups excluding carboxylic acids is 2. The molecule has 0 N–H and O–H groups in total. The number of anilines is 1. The van der Waals surface area contributed by atoms with Crippen molar-refractivity contribution >= 4 is 17.5 Å². The summed E-state index contributed by atoms with van der Waals surface area (Å²) in [4.78, 5) is 28.6. The van der Waals surface area contributed by atoms with Crippen molar-refractivity contribution in [1.29, 1.82) is 5.26 Å². The van der Waals surface area contributed by atoms with Gasteiger partial charge in [-0.25, -0.2) is 0 Å². The zero-order valence-corrected chi connectivity index (χ0v) is 15.2. The second kappa shape index (κ2) is 7.01. The Balaban J connectivity index is 1.87. The van der Waals surface area contributed by atoms with E-state index in [1.807, 2.05) is 38.1 Å². The Morgan fingerprint density at radius 1 is 1.15 bits per heavy atom. The fourth-order valence-corrected chi connectivity index (χ4v) is 3.41. The fourth-order valence-electron chi connectivity index (χ4n) is 3.41. The van der Waals surface area contributed by atoms with Gasteiger partial charge in [0, 0.05) is 19.3 Å². The predicted octanol–water partition coefficient (Wildman–Crippen LogP) is 2.72. The van der Waals surface area contributed by atoms with Crippen LogP contribution in [0.1, 0.15) is 27.8 Å². The number of aryl methyl sites for hydroxylation is 2. The van der Waals surface area contributed by atoms with Crippen molar-refractivity contribution in [3.63, 3.8) is 0 Å². The van der Waals surface area contributed by atoms with Crippen molar-refractivity contribution in [2.75, 3.05) is 18.5 Å². The van der Waals surface area contributed by atoms with E-state index >= 15 is 0 Å². The highest BCUT2D eigenvalue weighted by molar-refractivity contribution is 5.98. The highest BCUT2D eigenvalue weighted by Crippen LogP contribution is 2.25. The highest BCUT2D eigenvalue weighted by atomic mass is 16.2. The summed E-state index contributed by atoms with van der Waals surface area (Å²) >= 11 is 0. The van der Waals surface area contributed by atoms with Gasteiger partial charge in [-0.15, -0.1) is 0 Å². The van der Waals surface area contributed by atoms with E-state index in [1.165, 1.54) is 0 Å². The van der Waals surface area contributed by atoms with E-state index in [9.17, 15) is 9.59 Å². The molecule has 2 aromatic carbocycles. The first-order valence-corrected chi connectivity index (χ1v) is 8.53. The summed E-state index contributed by atoms with van der Waals surface area (Å²) in [6.07, 6.45) is 0.225. The number of carbonyl (C=O) groups is 2. The molecule has 3 rings (SSSR count). The van der Waals surface area contributed by atoms with E-state index in [1.54, 1.807) is 29.0 Å². The normalized spacial score (nSPS) is 13.8. The Hall–Kier alpha value is -3.13. The Morgan fingerprint density at radius 2 is 1.81 bits per heavy atom. The second-order valence-electron chi connectivity index (χ2n) is 6.71. The first kappa shape index (κ1) is 17.7. The molecule has 0 atom stereocenters. The van der Waals surface area contributed by atoms with Crippen molar-refractivity contribution in [2.45, 2.75) is 26.8 Å². The molecule has 0 spiro atoms. The molecule has 0 aliphatic carbocycles. The first-order valence-electron chi connectivity index (χ1n) is 8.53. The summed E-state index contributed by atoms with van der Waals surface area (Å²) in [6.45, 7) is 4.30. The molecular weight excluding hydrogens is 326 g/mol. The lowest BCUT2D eigenvalue weighted by molar-refractivity contribution is -0.134. The topological polar surface area (TPSA) is 64.4 Å². The number of benzene rings is 2. The van der Waals surface area contributed by atoms with E-state index in [-0.39, 0.29) is 24.8 Å². The van der Waals surface area contributed by atoms with E-state index in [2.05, 4.69) is 6.07 Å². The van der Waals surface area contributed by atoms with Crippen LogP contribution in [0.25, 0.3) is 0 Å². The van der Waals surface area contributed by atoms with Gasteiger partial charge in [0.1, 0.15) is 6.54 Å². The van der Waals surface area contributed by atoms with Crippen LogP contribution in [0.2, 0.25) is 0 Å². The minimum Gasteiger partial charge on any atom is -0.329 e. The van der Waals surface area contributed by atoms with Gasteiger partial charge in [-0.05, 0) is 54.3 Å². The van der Waals surface area contributed by atoms with Crippen LogP contribution in [0.15, 0.2) is 36.4 Å². The lowest BCUT2D eigenvalue weighted by Gasteiger charge is -2.21. The number of para-hydroxylation sites is 1. The number of hydrogen-bond acceptors (Lipinski definition) is 3. The number of fused-ring (bicyclic) bond motifs is 1. The second-order valence-corrected chi connectivity index (χ2v) is 6.71. The number of amides is 2. The lowest BCUT2D eigenvalue weighted by atomic mass is 9.96. The molecule has 1 aliphatic heterocycles. The summed E-state index contributed by atoms with van der Waals surface area (Å²) in [6, 6.07) is 13.4. The van der Waals surface area contributed by atoms with Gasteiger partial charge in [0.2, 0.25) is 11.8 Å². The van der Waals surface area contributed by atoms with E-state index in [4.69, 9.17) is 5.26 Å². The van der Waals surface area contributed by atoms with Crippen molar-refractivity contribution in [3.8, 4) is 6.07 Å². The third kappa shape index (κ3) is 3.31. The molecule has 0 fully saturated rings. The maximum Gasteiger partial charge on any atom is 0.246 e. The molecular formula is C21H21N3O2. The Bertz CT molecular complexity index is 904. The summed E-state index contributed by atoms with van der Waals surface area (Å²) in [5.74, 6) is -0.184. The van der Waals surface area contributed by atoms with Crippen molar-refractivity contribution in [3.05, 3.63) is 64.2 Å². The predicted molar refractivity (Wildman–Crippen MR) is 99.6 cm³/mol. The summed E-state index contributed by atoms with van der Waals surface area (Å²) in [5.41, 5.74) is 5.17. The minimum absolute atomic E-state index is 0.0678. The highest BCUT2D eigenvalue weighted by Gasteiger charge is 2.27. The SMILES string of the molecule is Cc1cc(C#N)cc(C)c1CC(=O)N1CC(=O)N(C)c2ccccc2C1. The summed E-state index contributed by atoms with van der Waals surface area (Å²) < 4.78 is 0. The molecule has 5 nitrogen and oxygen atoms in total. The number of hydrogen-bond donors (Lipinski definition) is 0. The van der Waals surface area contributed by atoms with E-state index in [0.717, 1.165) is 27.9 Å². The quantitative estimate of drug-likeness (QED) is 0.839. The van der Waals surface area contributed by atoms with Gasteiger partial charge in [-0.2, -0.15) is 5.26 Å². The monoisotopic (exact) mass is 347 g/mol. The standard InChI is InChI=1S/C21H21N3O2/c1-14-8-16(11-22)9-15(2)18(14)10-20(25)24-12-17-6-4-5-7-19(17)23(3)21(26)13-24/h4-9H,10,12-13H2,1-3H3.